The van der Waals surface area contributed by atoms with Crippen LogP contribution in [0.1, 0.15) is 43.9 Å². The Balaban J connectivity index is 1.28. The largest absolute Gasteiger partial charge is 0.443 e. The zero-order valence-electron chi connectivity index (χ0n) is 16.7. The van der Waals surface area contributed by atoms with Gasteiger partial charge in [-0.1, -0.05) is 24.3 Å². The van der Waals surface area contributed by atoms with Gasteiger partial charge in [-0.3, -0.25) is 4.79 Å². The van der Waals surface area contributed by atoms with Gasteiger partial charge in [0.25, 0.3) is 0 Å². The minimum absolute atomic E-state index is 0.147. The molecule has 2 amide bonds. The first kappa shape index (κ1) is 19.0. The van der Waals surface area contributed by atoms with Gasteiger partial charge in [-0.15, -0.1) is 0 Å². The maximum absolute atomic E-state index is 13.0. The van der Waals surface area contributed by atoms with Crippen LogP contribution in [0.2, 0.25) is 0 Å². The standard InChI is InChI=1S/C21H25NO7/c1-21(2)28-17-13(26-19(25-3)18(17)29-21)8-9-15(23)22-16-12-7-5-4-6-11(12)10-14(16)27-20(22)24/h4-7,13-14,16-19H,8-10H2,1-3H3/t13-,14-,16+,17-,18-,19-/m1/s1. The van der Waals surface area contributed by atoms with Gasteiger partial charge in [0.05, 0.1) is 6.10 Å². The normalized spacial score (nSPS) is 36.7. The fourth-order valence-corrected chi connectivity index (χ4v) is 4.96. The van der Waals surface area contributed by atoms with Crippen molar-refractivity contribution in [3.8, 4) is 0 Å². The average Bonchev–Trinajstić information content (AvgIpc) is 3.36. The topological polar surface area (TPSA) is 83.5 Å². The number of imide groups is 1. The van der Waals surface area contributed by atoms with Gasteiger partial charge in [0.15, 0.2) is 12.1 Å². The molecule has 1 aromatic carbocycles. The number of amides is 2. The molecule has 3 saturated heterocycles. The van der Waals surface area contributed by atoms with Crippen molar-refractivity contribution in [1.29, 1.82) is 0 Å². The lowest BCUT2D eigenvalue weighted by Gasteiger charge is -2.24. The Kier molecular flexibility index (Phi) is 4.43. The van der Waals surface area contributed by atoms with Crippen molar-refractivity contribution in [2.75, 3.05) is 7.11 Å². The van der Waals surface area contributed by atoms with Crippen LogP contribution in [-0.2, 0) is 34.9 Å². The summed E-state index contributed by atoms with van der Waals surface area (Å²) in [6, 6.07) is 7.51. The summed E-state index contributed by atoms with van der Waals surface area (Å²) in [6.07, 6.45) is -1.21. The number of hydrogen-bond donors (Lipinski definition) is 0. The van der Waals surface area contributed by atoms with Crippen molar-refractivity contribution in [1.82, 2.24) is 4.90 Å². The molecule has 0 saturated carbocycles. The van der Waals surface area contributed by atoms with Crippen LogP contribution in [0.25, 0.3) is 0 Å². The maximum Gasteiger partial charge on any atom is 0.417 e. The van der Waals surface area contributed by atoms with Crippen molar-refractivity contribution in [3.63, 3.8) is 0 Å². The molecule has 5 rings (SSSR count). The minimum atomic E-state index is -0.725. The molecule has 4 aliphatic rings. The molecule has 0 aromatic heterocycles. The Labute approximate surface area is 169 Å². The Morgan fingerprint density at radius 1 is 1.24 bits per heavy atom. The summed E-state index contributed by atoms with van der Waals surface area (Å²) in [4.78, 5) is 26.7. The highest BCUT2D eigenvalue weighted by molar-refractivity contribution is 5.94. The predicted octanol–water partition coefficient (Wildman–Crippen LogP) is 2.30. The van der Waals surface area contributed by atoms with Crippen molar-refractivity contribution >= 4 is 12.0 Å². The molecule has 3 aliphatic heterocycles. The van der Waals surface area contributed by atoms with Crippen LogP contribution in [-0.4, -0.2) is 60.5 Å². The fourth-order valence-electron chi connectivity index (χ4n) is 4.96. The molecular formula is C21H25NO7. The van der Waals surface area contributed by atoms with Crippen molar-refractivity contribution in [3.05, 3.63) is 35.4 Å². The van der Waals surface area contributed by atoms with E-state index >= 15 is 0 Å². The van der Waals surface area contributed by atoms with Crippen LogP contribution in [0.3, 0.4) is 0 Å². The Bertz CT molecular complexity index is 840. The lowest BCUT2D eigenvalue weighted by molar-refractivity contribution is -0.227. The first-order chi connectivity index (χ1) is 13.9. The number of nitrogens with zero attached hydrogens (tertiary/aromatic N) is 1. The summed E-state index contributed by atoms with van der Waals surface area (Å²) >= 11 is 0. The number of carbonyl (C=O) groups excluding carboxylic acids is 2. The van der Waals surface area contributed by atoms with Gasteiger partial charge in [-0.2, -0.15) is 0 Å². The highest BCUT2D eigenvalue weighted by Crippen LogP contribution is 2.44. The second-order valence-electron chi connectivity index (χ2n) is 8.42. The van der Waals surface area contributed by atoms with Gasteiger partial charge >= 0.3 is 6.09 Å². The van der Waals surface area contributed by atoms with E-state index in [0.717, 1.165) is 11.1 Å². The van der Waals surface area contributed by atoms with Crippen LogP contribution in [0, 0.1) is 0 Å². The molecule has 3 heterocycles. The van der Waals surface area contributed by atoms with E-state index in [1.54, 1.807) is 7.11 Å². The van der Waals surface area contributed by atoms with Gasteiger partial charge in [0, 0.05) is 20.0 Å². The zero-order chi connectivity index (χ0) is 20.3. The molecule has 8 heteroatoms. The van der Waals surface area contributed by atoms with E-state index < -0.39 is 18.2 Å². The summed E-state index contributed by atoms with van der Waals surface area (Å²) in [5.41, 5.74) is 2.11. The molecule has 1 aliphatic carbocycles. The average molecular weight is 403 g/mol. The van der Waals surface area contributed by atoms with E-state index in [-0.39, 0.29) is 42.8 Å². The maximum atomic E-state index is 13.0. The molecule has 3 fully saturated rings. The van der Waals surface area contributed by atoms with E-state index in [1.165, 1.54) is 4.90 Å². The minimum Gasteiger partial charge on any atom is -0.443 e. The summed E-state index contributed by atoms with van der Waals surface area (Å²) in [7, 11) is 1.56. The summed E-state index contributed by atoms with van der Waals surface area (Å²) in [5, 5.41) is 0. The quantitative estimate of drug-likeness (QED) is 0.763. The molecule has 156 valence electrons. The molecule has 0 N–H and O–H groups in total. The number of rotatable bonds is 4. The van der Waals surface area contributed by atoms with E-state index in [1.807, 2.05) is 38.1 Å². The smallest absolute Gasteiger partial charge is 0.417 e. The second kappa shape index (κ2) is 6.77. The van der Waals surface area contributed by atoms with Crippen molar-refractivity contribution in [2.45, 2.75) is 75.6 Å². The van der Waals surface area contributed by atoms with Gasteiger partial charge in [-0.05, 0) is 31.4 Å². The summed E-state index contributed by atoms with van der Waals surface area (Å²) in [6.45, 7) is 3.69. The fraction of sp³-hybridized carbons (Fsp3) is 0.619. The van der Waals surface area contributed by atoms with Gasteiger partial charge < -0.3 is 23.7 Å². The molecule has 0 spiro atoms. The zero-order valence-corrected chi connectivity index (χ0v) is 16.7. The predicted molar refractivity (Wildman–Crippen MR) is 98.7 cm³/mol. The number of carbonyl (C=O) groups is 2. The molecule has 1 aromatic rings. The van der Waals surface area contributed by atoms with Crippen LogP contribution in [0.15, 0.2) is 24.3 Å². The lowest BCUT2D eigenvalue weighted by atomic mass is 10.0. The number of fused-ring (bicyclic) bond motifs is 4. The monoisotopic (exact) mass is 403 g/mol. The van der Waals surface area contributed by atoms with Crippen LogP contribution < -0.4 is 0 Å². The van der Waals surface area contributed by atoms with Crippen LogP contribution >= 0.6 is 0 Å². The third kappa shape index (κ3) is 3.06. The van der Waals surface area contributed by atoms with Gasteiger partial charge in [0.2, 0.25) is 5.91 Å². The van der Waals surface area contributed by atoms with E-state index in [2.05, 4.69) is 0 Å². The Morgan fingerprint density at radius 2 is 2.00 bits per heavy atom. The lowest BCUT2D eigenvalue weighted by Crippen LogP contribution is -2.36. The number of hydrogen-bond acceptors (Lipinski definition) is 7. The van der Waals surface area contributed by atoms with Gasteiger partial charge in [-0.25, -0.2) is 9.69 Å². The Hall–Kier alpha value is -2.00. The molecule has 29 heavy (non-hydrogen) atoms. The first-order valence-electron chi connectivity index (χ1n) is 10.0. The van der Waals surface area contributed by atoms with Crippen LogP contribution in [0.5, 0.6) is 0 Å². The van der Waals surface area contributed by atoms with Crippen molar-refractivity contribution in [2.24, 2.45) is 0 Å². The highest BCUT2D eigenvalue weighted by Gasteiger charge is 2.56. The molecule has 0 unspecified atom stereocenters. The molecular weight excluding hydrogens is 378 g/mol. The number of ether oxygens (including phenoxy) is 5. The van der Waals surface area contributed by atoms with Crippen molar-refractivity contribution < 1.29 is 33.3 Å². The number of methoxy groups -OCH3 is 1. The van der Waals surface area contributed by atoms with E-state index in [0.29, 0.717) is 12.8 Å². The Morgan fingerprint density at radius 3 is 2.79 bits per heavy atom. The summed E-state index contributed by atoms with van der Waals surface area (Å²) < 4.78 is 28.6. The van der Waals surface area contributed by atoms with E-state index in [4.69, 9.17) is 23.7 Å². The molecule has 8 nitrogen and oxygen atoms in total. The third-order valence-corrected chi connectivity index (χ3v) is 6.12. The molecule has 0 bridgehead atoms. The van der Waals surface area contributed by atoms with Gasteiger partial charge in [0.1, 0.15) is 24.4 Å². The third-order valence-electron chi connectivity index (χ3n) is 6.12. The molecule has 6 atom stereocenters. The highest BCUT2D eigenvalue weighted by atomic mass is 16.8. The second-order valence-corrected chi connectivity index (χ2v) is 8.42. The van der Waals surface area contributed by atoms with Crippen LogP contribution in [0.4, 0.5) is 4.79 Å². The van der Waals surface area contributed by atoms with E-state index in [9.17, 15) is 9.59 Å². The number of benzene rings is 1. The molecule has 0 radical (unpaired) electrons. The first-order valence-corrected chi connectivity index (χ1v) is 10.0. The SMILES string of the molecule is CO[C@@H]1O[C@H](CCC(=O)N2C(=O)O[C@@H]3Cc4ccccc4[C@@H]32)[C@H]2OC(C)(C)O[C@@H]12. The summed E-state index contributed by atoms with van der Waals surface area (Å²) in [5.74, 6) is -0.990.